The molecule has 23 heavy (non-hydrogen) atoms. The molecule has 0 bridgehead atoms. The zero-order chi connectivity index (χ0) is 15.5. The number of benzene rings is 1. The van der Waals surface area contributed by atoms with Gasteiger partial charge in [0.15, 0.2) is 0 Å². The third kappa shape index (κ3) is 4.36. The average Bonchev–Trinajstić information content (AvgIpc) is 3.48. The van der Waals surface area contributed by atoms with Crippen LogP contribution in [0.25, 0.3) is 0 Å². The summed E-state index contributed by atoms with van der Waals surface area (Å²) in [6, 6.07) is 8.28. The minimum absolute atomic E-state index is 0.287. The Labute approximate surface area is 136 Å². The van der Waals surface area contributed by atoms with Crippen molar-refractivity contribution in [2.24, 2.45) is 0 Å². The van der Waals surface area contributed by atoms with Crippen molar-refractivity contribution in [2.45, 2.75) is 31.5 Å². The fourth-order valence-corrected chi connectivity index (χ4v) is 2.68. The van der Waals surface area contributed by atoms with Gasteiger partial charge in [-0.25, -0.2) is 0 Å². The average molecular weight is 314 g/mol. The molecule has 0 N–H and O–H groups in total. The molecule has 2 aliphatic heterocycles. The number of allylic oxidation sites excluding steroid dienone is 4. The molecule has 4 rings (SSSR count). The highest BCUT2D eigenvalue weighted by molar-refractivity contribution is 5.38. The molecule has 0 amide bonds. The van der Waals surface area contributed by atoms with E-state index >= 15 is 0 Å². The molecule has 122 valence electrons. The highest BCUT2D eigenvalue weighted by Gasteiger charge is 2.24. The van der Waals surface area contributed by atoms with Crippen molar-refractivity contribution >= 4 is 0 Å². The summed E-state index contributed by atoms with van der Waals surface area (Å²) < 4.78 is 22.0. The molecule has 4 heteroatoms. The number of hydrogen-bond acceptors (Lipinski definition) is 4. The van der Waals surface area contributed by atoms with Gasteiger partial charge in [-0.2, -0.15) is 0 Å². The fourth-order valence-electron chi connectivity index (χ4n) is 2.68. The molecule has 2 saturated heterocycles. The first-order chi connectivity index (χ1) is 11.4. The van der Waals surface area contributed by atoms with Crippen molar-refractivity contribution in [1.82, 2.24) is 0 Å². The van der Waals surface area contributed by atoms with Crippen LogP contribution < -0.4 is 4.74 Å². The van der Waals surface area contributed by atoms with E-state index in [1.165, 1.54) is 11.1 Å². The highest BCUT2D eigenvalue weighted by Crippen LogP contribution is 2.27. The molecular formula is C19H22O4. The van der Waals surface area contributed by atoms with Gasteiger partial charge in [0.1, 0.15) is 31.2 Å². The maximum atomic E-state index is 5.89. The molecule has 4 nitrogen and oxygen atoms in total. The lowest BCUT2D eigenvalue weighted by molar-refractivity contribution is 0.174. The lowest BCUT2D eigenvalue weighted by atomic mass is 9.96. The van der Waals surface area contributed by atoms with Crippen LogP contribution in [0.1, 0.15) is 18.4 Å². The SMILES string of the molecule is C1=C(Cc2ccccc2OCC2CO2)CCC(OCC2CO2)=C1. The summed E-state index contributed by atoms with van der Waals surface area (Å²) in [5, 5.41) is 0. The van der Waals surface area contributed by atoms with Crippen molar-refractivity contribution < 1.29 is 18.9 Å². The normalized spacial score (nSPS) is 25.4. The second-order valence-corrected chi connectivity index (χ2v) is 6.28. The number of hydrogen-bond donors (Lipinski definition) is 0. The predicted molar refractivity (Wildman–Crippen MR) is 86.5 cm³/mol. The Kier molecular flexibility index (Phi) is 4.35. The van der Waals surface area contributed by atoms with E-state index in [1.54, 1.807) is 0 Å². The Morgan fingerprint density at radius 1 is 0.913 bits per heavy atom. The number of rotatable bonds is 8. The van der Waals surface area contributed by atoms with Crippen LogP contribution >= 0.6 is 0 Å². The molecule has 1 aromatic rings. The van der Waals surface area contributed by atoms with Crippen LogP contribution in [0.5, 0.6) is 5.75 Å². The van der Waals surface area contributed by atoms with Gasteiger partial charge in [0.2, 0.25) is 0 Å². The number of para-hydroxylation sites is 1. The van der Waals surface area contributed by atoms with Crippen LogP contribution in [0, 0.1) is 0 Å². The number of ether oxygens (including phenoxy) is 4. The van der Waals surface area contributed by atoms with Gasteiger partial charge in [0, 0.05) is 6.42 Å². The predicted octanol–water partition coefficient (Wildman–Crippen LogP) is 3.03. The van der Waals surface area contributed by atoms with Crippen molar-refractivity contribution in [3.63, 3.8) is 0 Å². The molecule has 2 unspecified atom stereocenters. The van der Waals surface area contributed by atoms with E-state index < -0.39 is 0 Å². The standard InChI is InChI=1S/C19H22O4/c1-2-4-19(23-13-18-12-22-18)15(3-1)9-14-5-7-16(8-6-14)20-10-17-11-21-17/h1-5,7,17-18H,6,8-13H2. The Morgan fingerprint density at radius 3 is 2.35 bits per heavy atom. The lowest BCUT2D eigenvalue weighted by Gasteiger charge is -2.17. The van der Waals surface area contributed by atoms with Gasteiger partial charge in [0.05, 0.1) is 19.0 Å². The quantitative estimate of drug-likeness (QED) is 0.692. The molecular weight excluding hydrogens is 292 g/mol. The van der Waals surface area contributed by atoms with Crippen LogP contribution in [0.3, 0.4) is 0 Å². The molecule has 3 aliphatic rings. The van der Waals surface area contributed by atoms with Gasteiger partial charge < -0.3 is 18.9 Å². The summed E-state index contributed by atoms with van der Waals surface area (Å²) >= 11 is 0. The molecule has 1 aromatic carbocycles. The van der Waals surface area contributed by atoms with Gasteiger partial charge in [0.25, 0.3) is 0 Å². The Hall–Kier alpha value is -1.78. The van der Waals surface area contributed by atoms with Crippen molar-refractivity contribution in [3.8, 4) is 5.75 Å². The highest BCUT2D eigenvalue weighted by atomic mass is 16.6. The summed E-state index contributed by atoms with van der Waals surface area (Å²) in [5.74, 6) is 2.04. The summed E-state index contributed by atoms with van der Waals surface area (Å²) in [4.78, 5) is 0. The molecule has 2 fully saturated rings. The van der Waals surface area contributed by atoms with Crippen LogP contribution in [0.4, 0.5) is 0 Å². The number of epoxide rings is 2. The summed E-state index contributed by atoms with van der Waals surface area (Å²) in [5.41, 5.74) is 2.65. The minimum Gasteiger partial charge on any atom is -0.495 e. The van der Waals surface area contributed by atoms with Gasteiger partial charge in [-0.3, -0.25) is 0 Å². The first-order valence-corrected chi connectivity index (χ1v) is 8.32. The van der Waals surface area contributed by atoms with E-state index in [-0.39, 0.29) is 6.10 Å². The van der Waals surface area contributed by atoms with Crippen LogP contribution in [-0.4, -0.2) is 38.6 Å². The lowest BCUT2D eigenvalue weighted by Crippen LogP contribution is -2.07. The molecule has 2 heterocycles. The molecule has 1 aliphatic carbocycles. The summed E-state index contributed by atoms with van der Waals surface area (Å²) in [6.45, 7) is 3.01. The second-order valence-electron chi connectivity index (χ2n) is 6.28. The van der Waals surface area contributed by atoms with E-state index in [0.29, 0.717) is 19.3 Å². The van der Waals surface area contributed by atoms with E-state index in [4.69, 9.17) is 18.9 Å². The third-order valence-corrected chi connectivity index (χ3v) is 4.27. The Balaban J connectivity index is 1.35. The Bertz CT molecular complexity index is 612. The van der Waals surface area contributed by atoms with Crippen molar-refractivity contribution in [3.05, 3.63) is 53.3 Å². The molecule has 0 saturated carbocycles. The molecule has 0 spiro atoms. The van der Waals surface area contributed by atoms with Gasteiger partial charge in [-0.15, -0.1) is 0 Å². The van der Waals surface area contributed by atoms with Gasteiger partial charge >= 0.3 is 0 Å². The second kappa shape index (κ2) is 6.77. The van der Waals surface area contributed by atoms with Crippen molar-refractivity contribution in [2.75, 3.05) is 26.4 Å². The molecule has 0 aromatic heterocycles. The monoisotopic (exact) mass is 314 g/mol. The fraction of sp³-hybridized carbons (Fsp3) is 0.474. The maximum absolute atomic E-state index is 5.89. The smallest absolute Gasteiger partial charge is 0.122 e. The molecule has 0 radical (unpaired) electrons. The Morgan fingerprint density at radius 2 is 1.65 bits per heavy atom. The van der Waals surface area contributed by atoms with Crippen LogP contribution in [0.15, 0.2) is 47.7 Å². The van der Waals surface area contributed by atoms with Crippen molar-refractivity contribution in [1.29, 1.82) is 0 Å². The minimum atomic E-state index is 0.287. The zero-order valence-electron chi connectivity index (χ0n) is 13.2. The largest absolute Gasteiger partial charge is 0.495 e. The maximum Gasteiger partial charge on any atom is 0.122 e. The first-order valence-electron chi connectivity index (χ1n) is 8.32. The topological polar surface area (TPSA) is 43.5 Å². The summed E-state index contributed by atoms with van der Waals surface area (Å²) in [6.07, 6.45) is 7.83. The van der Waals surface area contributed by atoms with E-state index in [0.717, 1.165) is 44.0 Å². The van der Waals surface area contributed by atoms with Crippen LogP contribution in [-0.2, 0) is 20.6 Å². The third-order valence-electron chi connectivity index (χ3n) is 4.27. The van der Waals surface area contributed by atoms with E-state index in [1.807, 2.05) is 12.1 Å². The van der Waals surface area contributed by atoms with E-state index in [2.05, 4.69) is 24.3 Å². The van der Waals surface area contributed by atoms with Gasteiger partial charge in [-0.05, 0) is 30.5 Å². The molecule has 2 atom stereocenters. The first kappa shape index (κ1) is 14.8. The van der Waals surface area contributed by atoms with E-state index in [9.17, 15) is 0 Å². The van der Waals surface area contributed by atoms with Crippen LogP contribution in [0.2, 0.25) is 0 Å². The summed E-state index contributed by atoms with van der Waals surface area (Å²) in [7, 11) is 0. The van der Waals surface area contributed by atoms with Gasteiger partial charge in [-0.1, -0.05) is 29.8 Å². The zero-order valence-corrected chi connectivity index (χ0v) is 13.2.